The number of nitrogens with zero attached hydrogens (tertiary/aromatic N) is 3. The molecule has 0 amide bonds. The molecular formula is C16H22F3N3O2. The molecule has 1 unspecified atom stereocenters. The third kappa shape index (κ3) is 4.87. The van der Waals surface area contributed by atoms with Crippen LogP contribution in [0.5, 0.6) is 0 Å². The number of aromatic nitrogens is 2. The Morgan fingerprint density at radius 2 is 2.04 bits per heavy atom. The second-order valence-corrected chi connectivity index (χ2v) is 6.30. The van der Waals surface area contributed by atoms with E-state index in [0.717, 1.165) is 51.4 Å². The first-order valence-corrected chi connectivity index (χ1v) is 8.35. The van der Waals surface area contributed by atoms with Crippen LogP contribution in [0.15, 0.2) is 12.3 Å². The highest BCUT2D eigenvalue weighted by atomic mass is 19.4. The van der Waals surface area contributed by atoms with E-state index < -0.39 is 11.9 Å². The smallest absolute Gasteiger partial charge is 0.376 e. The molecule has 1 aromatic heterocycles. The third-order valence-corrected chi connectivity index (χ3v) is 4.44. The normalized spacial score (nSPS) is 23.7. The molecule has 0 aromatic carbocycles. The predicted molar refractivity (Wildman–Crippen MR) is 80.3 cm³/mol. The maximum atomic E-state index is 12.7. The zero-order valence-electron chi connectivity index (χ0n) is 13.5. The molecule has 0 spiro atoms. The van der Waals surface area contributed by atoms with Crippen LogP contribution in [0.4, 0.5) is 13.2 Å². The summed E-state index contributed by atoms with van der Waals surface area (Å²) in [6.07, 6.45) is 1.06. The van der Waals surface area contributed by atoms with Crippen molar-refractivity contribution < 1.29 is 22.6 Å². The molecule has 0 saturated carbocycles. The molecule has 0 aliphatic carbocycles. The van der Waals surface area contributed by atoms with Crippen molar-refractivity contribution in [2.75, 3.05) is 26.3 Å². The minimum absolute atomic E-state index is 0.202. The van der Waals surface area contributed by atoms with Gasteiger partial charge in [0.15, 0.2) is 0 Å². The second kappa shape index (κ2) is 7.76. The fraction of sp³-hybridized carbons (Fsp3) is 0.750. The van der Waals surface area contributed by atoms with Crippen LogP contribution < -0.4 is 0 Å². The van der Waals surface area contributed by atoms with Crippen LogP contribution in [0.2, 0.25) is 0 Å². The van der Waals surface area contributed by atoms with Crippen LogP contribution >= 0.6 is 0 Å². The Bertz CT molecular complexity index is 528. The van der Waals surface area contributed by atoms with Crippen molar-refractivity contribution in [2.45, 2.75) is 50.6 Å². The molecule has 8 heteroatoms. The van der Waals surface area contributed by atoms with Gasteiger partial charge in [-0.15, -0.1) is 0 Å². The topological polar surface area (TPSA) is 47.5 Å². The largest absolute Gasteiger partial charge is 0.433 e. The Labute approximate surface area is 139 Å². The predicted octanol–water partition coefficient (Wildman–Crippen LogP) is 2.66. The molecule has 0 bridgehead atoms. The average Bonchev–Trinajstić information content (AvgIpc) is 3.07. The number of rotatable bonds is 5. The van der Waals surface area contributed by atoms with E-state index in [9.17, 15) is 13.2 Å². The van der Waals surface area contributed by atoms with Gasteiger partial charge < -0.3 is 9.47 Å². The highest BCUT2D eigenvalue weighted by molar-refractivity contribution is 5.06. The molecule has 1 aromatic rings. The lowest BCUT2D eigenvalue weighted by Gasteiger charge is -2.31. The standard InChI is InChI=1S/C16H22F3N3O2/c17-16(18,19)14-3-6-20-15(21-14)10-22-7-4-12(5-8-22)24-11-13-2-1-9-23-13/h3,6,12-13H,1-2,4-5,7-11H2. The van der Waals surface area contributed by atoms with E-state index in [-0.39, 0.29) is 18.0 Å². The van der Waals surface area contributed by atoms with Gasteiger partial charge >= 0.3 is 6.18 Å². The van der Waals surface area contributed by atoms with Gasteiger partial charge in [-0.05, 0) is 31.7 Å². The van der Waals surface area contributed by atoms with E-state index in [4.69, 9.17) is 9.47 Å². The van der Waals surface area contributed by atoms with E-state index in [2.05, 4.69) is 14.9 Å². The number of halogens is 3. The maximum absolute atomic E-state index is 12.7. The Kier molecular flexibility index (Phi) is 5.68. The van der Waals surface area contributed by atoms with Crippen molar-refractivity contribution in [3.05, 3.63) is 23.8 Å². The maximum Gasteiger partial charge on any atom is 0.433 e. The van der Waals surface area contributed by atoms with Crippen molar-refractivity contribution in [3.63, 3.8) is 0 Å². The SMILES string of the molecule is FC(F)(F)c1ccnc(CN2CCC(OCC3CCCO3)CC2)n1. The van der Waals surface area contributed by atoms with Crippen molar-refractivity contribution in [3.8, 4) is 0 Å². The van der Waals surface area contributed by atoms with Crippen LogP contribution in [-0.2, 0) is 22.2 Å². The van der Waals surface area contributed by atoms with Gasteiger partial charge in [0.05, 0.1) is 25.4 Å². The monoisotopic (exact) mass is 345 g/mol. The summed E-state index contributed by atoms with van der Waals surface area (Å²) in [6, 6.07) is 0.897. The Hall–Kier alpha value is -1.25. The molecule has 24 heavy (non-hydrogen) atoms. The van der Waals surface area contributed by atoms with Gasteiger partial charge in [0.2, 0.25) is 0 Å². The summed E-state index contributed by atoms with van der Waals surface area (Å²) in [6.45, 7) is 3.35. The van der Waals surface area contributed by atoms with E-state index in [1.54, 1.807) is 0 Å². The summed E-state index contributed by atoms with van der Waals surface area (Å²) >= 11 is 0. The van der Waals surface area contributed by atoms with Gasteiger partial charge in [0.25, 0.3) is 0 Å². The van der Waals surface area contributed by atoms with Gasteiger partial charge in [0, 0.05) is 25.9 Å². The van der Waals surface area contributed by atoms with Gasteiger partial charge in [0.1, 0.15) is 11.5 Å². The lowest BCUT2D eigenvalue weighted by Crippen LogP contribution is -2.38. The quantitative estimate of drug-likeness (QED) is 0.821. The van der Waals surface area contributed by atoms with Crippen LogP contribution in [0, 0.1) is 0 Å². The van der Waals surface area contributed by atoms with Crippen LogP contribution in [-0.4, -0.2) is 53.4 Å². The zero-order valence-corrected chi connectivity index (χ0v) is 13.5. The molecular weight excluding hydrogens is 323 g/mol. The van der Waals surface area contributed by atoms with Gasteiger partial charge in [-0.25, -0.2) is 9.97 Å². The fourth-order valence-electron chi connectivity index (χ4n) is 3.09. The molecule has 1 atom stereocenters. The number of hydrogen-bond acceptors (Lipinski definition) is 5. The van der Waals surface area contributed by atoms with Gasteiger partial charge in [-0.2, -0.15) is 13.2 Å². The van der Waals surface area contributed by atoms with Crippen molar-refractivity contribution in [1.29, 1.82) is 0 Å². The van der Waals surface area contributed by atoms with Crippen LogP contribution in [0.1, 0.15) is 37.2 Å². The second-order valence-electron chi connectivity index (χ2n) is 6.30. The molecule has 0 radical (unpaired) electrons. The van der Waals surface area contributed by atoms with E-state index >= 15 is 0 Å². The first-order chi connectivity index (χ1) is 11.5. The first-order valence-electron chi connectivity index (χ1n) is 8.35. The molecule has 2 aliphatic heterocycles. The number of likely N-dealkylation sites (tertiary alicyclic amines) is 1. The number of hydrogen-bond donors (Lipinski definition) is 0. The summed E-state index contributed by atoms with van der Waals surface area (Å²) in [5.74, 6) is 0.212. The third-order valence-electron chi connectivity index (χ3n) is 4.44. The first kappa shape index (κ1) is 17.6. The molecule has 5 nitrogen and oxygen atoms in total. The van der Waals surface area contributed by atoms with E-state index in [0.29, 0.717) is 13.2 Å². The zero-order chi connectivity index (χ0) is 17.0. The minimum atomic E-state index is -4.43. The highest BCUT2D eigenvalue weighted by Gasteiger charge is 2.33. The minimum Gasteiger partial charge on any atom is -0.376 e. The molecule has 2 aliphatic rings. The highest BCUT2D eigenvalue weighted by Crippen LogP contribution is 2.27. The molecule has 134 valence electrons. The summed E-state index contributed by atoms with van der Waals surface area (Å²) in [4.78, 5) is 9.65. The van der Waals surface area contributed by atoms with Crippen LogP contribution in [0.25, 0.3) is 0 Å². The van der Waals surface area contributed by atoms with E-state index in [1.165, 1.54) is 6.20 Å². The summed E-state index contributed by atoms with van der Waals surface area (Å²) in [5.41, 5.74) is -0.887. The van der Waals surface area contributed by atoms with Gasteiger partial charge in [-0.1, -0.05) is 0 Å². The van der Waals surface area contributed by atoms with Crippen LogP contribution in [0.3, 0.4) is 0 Å². The van der Waals surface area contributed by atoms with Gasteiger partial charge in [-0.3, -0.25) is 4.90 Å². The molecule has 0 N–H and O–H groups in total. The molecule has 3 rings (SSSR count). The number of piperidine rings is 1. The number of ether oxygens (including phenoxy) is 2. The summed E-state index contributed by atoms with van der Waals surface area (Å²) in [7, 11) is 0. The van der Waals surface area contributed by atoms with Crippen molar-refractivity contribution in [2.24, 2.45) is 0 Å². The molecule has 3 heterocycles. The van der Waals surface area contributed by atoms with E-state index in [1.807, 2.05) is 0 Å². The average molecular weight is 345 g/mol. The Balaban J connectivity index is 1.43. The van der Waals surface area contributed by atoms with Crippen molar-refractivity contribution >= 4 is 0 Å². The van der Waals surface area contributed by atoms with Crippen molar-refractivity contribution in [1.82, 2.24) is 14.9 Å². The lowest BCUT2D eigenvalue weighted by atomic mass is 10.1. The number of alkyl halides is 3. The lowest BCUT2D eigenvalue weighted by molar-refractivity contribution is -0.141. The fourth-order valence-corrected chi connectivity index (χ4v) is 3.09. The Morgan fingerprint density at radius 1 is 1.25 bits per heavy atom. The summed E-state index contributed by atoms with van der Waals surface area (Å²) in [5, 5.41) is 0. The summed E-state index contributed by atoms with van der Waals surface area (Å²) < 4.78 is 49.5. The molecule has 2 saturated heterocycles. The molecule has 2 fully saturated rings. The Morgan fingerprint density at radius 3 is 2.71 bits per heavy atom.